The average Bonchev–Trinajstić information content (AvgIpc) is 2.54. The normalized spacial score (nSPS) is 10.2. The van der Waals surface area contributed by atoms with E-state index in [4.69, 9.17) is 9.47 Å². The number of ether oxygens (including phenoxy) is 2. The molecule has 0 fully saturated rings. The predicted molar refractivity (Wildman–Crippen MR) is 90.1 cm³/mol. The molecule has 122 valence electrons. The zero-order chi connectivity index (χ0) is 16.0. The van der Waals surface area contributed by atoms with E-state index in [2.05, 4.69) is 25.6 Å². The number of unbranched alkanes of at least 4 members (excludes halogenated alkanes) is 6. The molecule has 3 heteroatoms. The minimum absolute atomic E-state index is 0.325. The number of rotatable bonds is 12. The monoisotopic (exact) mass is 304 g/mol. The van der Waals surface area contributed by atoms with Crippen LogP contribution in [-0.4, -0.2) is 19.2 Å². The van der Waals surface area contributed by atoms with Gasteiger partial charge < -0.3 is 9.47 Å². The summed E-state index contributed by atoms with van der Waals surface area (Å²) < 4.78 is 10.6. The third kappa shape index (κ3) is 9.22. The van der Waals surface area contributed by atoms with Crippen molar-refractivity contribution < 1.29 is 14.3 Å². The van der Waals surface area contributed by atoms with E-state index in [1.165, 1.54) is 37.3 Å². The van der Waals surface area contributed by atoms with Crippen molar-refractivity contribution in [1.29, 1.82) is 0 Å². The topological polar surface area (TPSA) is 35.5 Å². The van der Waals surface area contributed by atoms with Crippen LogP contribution < -0.4 is 4.74 Å². The van der Waals surface area contributed by atoms with Crippen molar-refractivity contribution in [3.05, 3.63) is 42.5 Å². The van der Waals surface area contributed by atoms with Crippen LogP contribution in [0.2, 0.25) is 0 Å². The fraction of sp³-hybridized carbons (Fsp3) is 0.526. The van der Waals surface area contributed by atoms with E-state index in [9.17, 15) is 4.79 Å². The lowest BCUT2D eigenvalue weighted by molar-refractivity contribution is -0.137. The Morgan fingerprint density at radius 3 is 2.09 bits per heavy atom. The molecule has 0 N–H and O–H groups in total. The fourth-order valence-electron chi connectivity index (χ4n) is 2.14. The van der Waals surface area contributed by atoms with Crippen LogP contribution in [0.1, 0.15) is 50.5 Å². The van der Waals surface area contributed by atoms with Crippen molar-refractivity contribution in [2.75, 3.05) is 13.2 Å². The summed E-state index contributed by atoms with van der Waals surface area (Å²) in [5.41, 5.74) is 1.26. The van der Waals surface area contributed by atoms with Crippen LogP contribution in [0.15, 0.2) is 36.9 Å². The highest BCUT2D eigenvalue weighted by Crippen LogP contribution is 2.13. The Labute approximate surface area is 134 Å². The Morgan fingerprint density at radius 1 is 0.955 bits per heavy atom. The van der Waals surface area contributed by atoms with Gasteiger partial charge in [-0.1, -0.05) is 56.4 Å². The van der Waals surface area contributed by atoms with Crippen LogP contribution in [0.5, 0.6) is 5.75 Å². The Morgan fingerprint density at radius 2 is 1.50 bits per heavy atom. The van der Waals surface area contributed by atoms with Crippen molar-refractivity contribution in [3.63, 3.8) is 0 Å². The molecule has 0 bridgehead atoms. The van der Waals surface area contributed by atoms with Gasteiger partial charge in [0.05, 0.1) is 13.2 Å². The van der Waals surface area contributed by atoms with E-state index >= 15 is 0 Å². The van der Waals surface area contributed by atoms with Gasteiger partial charge in [0.25, 0.3) is 0 Å². The third-order valence-corrected chi connectivity index (χ3v) is 3.49. The number of aryl methyl sites for hydroxylation is 1. The minimum atomic E-state index is -0.325. The van der Waals surface area contributed by atoms with Crippen LogP contribution in [0.3, 0.4) is 0 Å². The Kier molecular flexibility index (Phi) is 9.84. The number of carbonyl (C=O) groups excluding carboxylic acids is 1. The largest absolute Gasteiger partial charge is 0.494 e. The van der Waals surface area contributed by atoms with E-state index in [0.717, 1.165) is 31.6 Å². The van der Waals surface area contributed by atoms with E-state index in [1.807, 2.05) is 12.1 Å². The molecule has 1 rings (SSSR count). The lowest BCUT2D eigenvalue weighted by Gasteiger charge is -2.06. The lowest BCUT2D eigenvalue weighted by atomic mass is 10.1. The standard InChI is InChI=1S/C19H28O3/c1-3-19(20)22-16-10-8-6-4-5-7-9-15-21-18-13-11-17(2)12-14-18/h3,11-14H,1,4-10,15-16H2,2H3. The maximum absolute atomic E-state index is 10.8. The first-order chi connectivity index (χ1) is 10.7. The molecule has 3 nitrogen and oxygen atoms in total. The first-order valence-corrected chi connectivity index (χ1v) is 8.21. The van der Waals surface area contributed by atoms with E-state index in [1.54, 1.807) is 0 Å². The van der Waals surface area contributed by atoms with Crippen LogP contribution in [0.25, 0.3) is 0 Å². The maximum atomic E-state index is 10.8. The van der Waals surface area contributed by atoms with Crippen molar-refractivity contribution >= 4 is 5.97 Å². The number of benzene rings is 1. The molecule has 1 aromatic carbocycles. The zero-order valence-electron chi connectivity index (χ0n) is 13.7. The highest BCUT2D eigenvalue weighted by molar-refractivity contribution is 5.81. The molecular formula is C19H28O3. The third-order valence-electron chi connectivity index (χ3n) is 3.49. The summed E-state index contributed by atoms with van der Waals surface area (Å²) >= 11 is 0. The van der Waals surface area contributed by atoms with Gasteiger partial charge >= 0.3 is 5.97 Å². The van der Waals surface area contributed by atoms with Crippen LogP contribution in [0.4, 0.5) is 0 Å². The average molecular weight is 304 g/mol. The molecule has 0 spiro atoms. The van der Waals surface area contributed by atoms with Gasteiger partial charge in [0.15, 0.2) is 0 Å². The van der Waals surface area contributed by atoms with Crippen LogP contribution >= 0.6 is 0 Å². The summed E-state index contributed by atoms with van der Waals surface area (Å²) in [6.07, 6.45) is 9.25. The van der Waals surface area contributed by atoms with E-state index in [0.29, 0.717) is 6.61 Å². The Hall–Kier alpha value is -1.77. The van der Waals surface area contributed by atoms with Crippen molar-refractivity contribution in [2.45, 2.75) is 51.9 Å². The summed E-state index contributed by atoms with van der Waals surface area (Å²) in [5, 5.41) is 0. The maximum Gasteiger partial charge on any atom is 0.330 e. The molecule has 0 amide bonds. The SMILES string of the molecule is C=CC(=O)OCCCCCCCCCOc1ccc(C)cc1. The van der Waals surface area contributed by atoms with Gasteiger partial charge in [-0.15, -0.1) is 0 Å². The Bertz CT molecular complexity index is 423. The molecule has 0 atom stereocenters. The summed E-state index contributed by atoms with van der Waals surface area (Å²) in [6.45, 7) is 6.74. The fourth-order valence-corrected chi connectivity index (χ4v) is 2.14. The number of esters is 1. The van der Waals surface area contributed by atoms with Crippen molar-refractivity contribution in [3.8, 4) is 5.75 Å². The first-order valence-electron chi connectivity index (χ1n) is 8.21. The summed E-state index contributed by atoms with van der Waals surface area (Å²) in [4.78, 5) is 10.8. The molecule has 0 unspecified atom stereocenters. The zero-order valence-corrected chi connectivity index (χ0v) is 13.7. The highest BCUT2D eigenvalue weighted by Gasteiger charge is 1.96. The quantitative estimate of drug-likeness (QED) is 0.315. The molecule has 0 radical (unpaired) electrons. The summed E-state index contributed by atoms with van der Waals surface area (Å²) in [7, 11) is 0. The molecule has 0 heterocycles. The predicted octanol–water partition coefficient (Wildman–Crippen LogP) is 4.83. The second-order valence-corrected chi connectivity index (χ2v) is 5.51. The molecule has 22 heavy (non-hydrogen) atoms. The summed E-state index contributed by atoms with van der Waals surface area (Å²) in [5.74, 6) is 0.633. The highest BCUT2D eigenvalue weighted by atomic mass is 16.5. The number of hydrogen-bond acceptors (Lipinski definition) is 3. The van der Waals surface area contributed by atoms with Gasteiger partial charge in [-0.2, -0.15) is 0 Å². The van der Waals surface area contributed by atoms with Gasteiger partial charge in [0.1, 0.15) is 5.75 Å². The molecule has 0 aliphatic heterocycles. The first kappa shape index (κ1) is 18.3. The molecule has 0 aliphatic rings. The van der Waals surface area contributed by atoms with Crippen LogP contribution in [-0.2, 0) is 9.53 Å². The van der Waals surface area contributed by atoms with E-state index in [-0.39, 0.29) is 5.97 Å². The molecule has 0 saturated carbocycles. The van der Waals surface area contributed by atoms with E-state index < -0.39 is 0 Å². The second-order valence-electron chi connectivity index (χ2n) is 5.51. The number of hydrogen-bond donors (Lipinski definition) is 0. The van der Waals surface area contributed by atoms with Gasteiger partial charge in [0.2, 0.25) is 0 Å². The molecule has 0 aromatic heterocycles. The minimum Gasteiger partial charge on any atom is -0.494 e. The smallest absolute Gasteiger partial charge is 0.330 e. The van der Waals surface area contributed by atoms with Gasteiger partial charge in [-0.3, -0.25) is 0 Å². The molecular weight excluding hydrogens is 276 g/mol. The van der Waals surface area contributed by atoms with Gasteiger partial charge in [-0.05, 0) is 31.9 Å². The second kappa shape index (κ2) is 11.8. The number of carbonyl (C=O) groups is 1. The van der Waals surface area contributed by atoms with Crippen LogP contribution in [0, 0.1) is 6.92 Å². The summed E-state index contributed by atoms with van der Waals surface area (Å²) in [6, 6.07) is 8.19. The van der Waals surface area contributed by atoms with Crippen molar-refractivity contribution in [2.24, 2.45) is 0 Å². The van der Waals surface area contributed by atoms with Gasteiger partial charge in [-0.25, -0.2) is 4.79 Å². The van der Waals surface area contributed by atoms with Crippen molar-refractivity contribution in [1.82, 2.24) is 0 Å². The molecule has 0 aliphatic carbocycles. The van der Waals surface area contributed by atoms with Gasteiger partial charge in [0, 0.05) is 6.08 Å². The molecule has 1 aromatic rings. The lowest BCUT2D eigenvalue weighted by Crippen LogP contribution is -2.01. The molecule has 0 saturated heterocycles. The Balaban J connectivity index is 1.84.